The quantitative estimate of drug-likeness (QED) is 0.444. The van der Waals surface area contributed by atoms with Gasteiger partial charge >= 0.3 is 0 Å². The molecule has 2 unspecified atom stereocenters. The summed E-state index contributed by atoms with van der Waals surface area (Å²) in [7, 11) is 0. The maximum absolute atomic E-state index is 12.7. The van der Waals surface area contributed by atoms with Crippen LogP contribution < -0.4 is 0 Å². The van der Waals surface area contributed by atoms with Crippen LogP contribution in [0.3, 0.4) is 0 Å². The lowest BCUT2D eigenvalue weighted by Gasteiger charge is -2.58. The number of oxime groups is 1. The molecule has 3 saturated carbocycles. The van der Waals surface area contributed by atoms with Crippen LogP contribution in [0.1, 0.15) is 82.8 Å². The Kier molecular flexibility index (Phi) is 5.15. The van der Waals surface area contributed by atoms with Gasteiger partial charge in [-0.2, -0.15) is 0 Å². The molecule has 0 radical (unpaired) electrons. The highest BCUT2D eigenvalue weighted by Crippen LogP contribution is 2.68. The number of aryl methyl sites for hydroxylation is 1. The molecular weight excluding hydrogens is 422 g/mol. The van der Waals surface area contributed by atoms with Gasteiger partial charge in [-0.1, -0.05) is 60.5 Å². The van der Waals surface area contributed by atoms with Gasteiger partial charge in [0.25, 0.3) is 0 Å². The molecule has 4 heteroatoms. The first-order valence-electron chi connectivity index (χ1n) is 13.4. The zero-order chi connectivity index (χ0) is 23.7. The summed E-state index contributed by atoms with van der Waals surface area (Å²) < 4.78 is 0. The monoisotopic (exact) mass is 461 g/mol. The Morgan fingerprint density at radius 3 is 2.62 bits per heavy atom. The van der Waals surface area contributed by atoms with Gasteiger partial charge in [-0.25, -0.2) is 0 Å². The van der Waals surface area contributed by atoms with E-state index in [0.29, 0.717) is 24.2 Å². The van der Waals surface area contributed by atoms with E-state index in [1.165, 1.54) is 24.0 Å². The van der Waals surface area contributed by atoms with Gasteiger partial charge in [-0.05, 0) is 92.4 Å². The molecule has 0 spiro atoms. The van der Waals surface area contributed by atoms with E-state index in [1.54, 1.807) is 0 Å². The first-order valence-corrected chi connectivity index (χ1v) is 13.4. The van der Waals surface area contributed by atoms with Crippen molar-refractivity contribution >= 4 is 12.0 Å². The van der Waals surface area contributed by atoms with Crippen molar-refractivity contribution in [2.24, 2.45) is 39.7 Å². The Morgan fingerprint density at radius 2 is 1.85 bits per heavy atom. The van der Waals surface area contributed by atoms with E-state index in [9.17, 15) is 9.90 Å². The lowest BCUT2D eigenvalue weighted by molar-refractivity contribution is -0.150. The summed E-state index contributed by atoms with van der Waals surface area (Å²) in [6.45, 7) is 7.02. The van der Waals surface area contributed by atoms with Crippen molar-refractivity contribution in [2.45, 2.75) is 90.3 Å². The van der Waals surface area contributed by atoms with Crippen LogP contribution in [0.2, 0.25) is 0 Å². The minimum absolute atomic E-state index is 0.107. The molecule has 0 saturated heterocycles. The van der Waals surface area contributed by atoms with Gasteiger partial charge in [-0.3, -0.25) is 4.79 Å². The Morgan fingerprint density at radius 1 is 1.06 bits per heavy atom. The molecular formula is C30H39NO3. The summed E-state index contributed by atoms with van der Waals surface area (Å²) in [6.07, 6.45) is 12.7. The van der Waals surface area contributed by atoms with Crippen molar-refractivity contribution in [3.8, 4) is 0 Å². The average Bonchev–Trinajstić information content (AvgIpc) is 3.42. The molecule has 0 bridgehead atoms. The van der Waals surface area contributed by atoms with E-state index in [1.807, 2.05) is 0 Å². The summed E-state index contributed by atoms with van der Waals surface area (Å²) in [6, 6.07) is 8.39. The fourth-order valence-electron chi connectivity index (χ4n) is 9.14. The highest BCUT2D eigenvalue weighted by atomic mass is 16.7. The Balaban J connectivity index is 1.27. The lowest BCUT2D eigenvalue weighted by atomic mass is 9.46. The molecule has 34 heavy (non-hydrogen) atoms. The standard InChI is InChI=1S/C30H39NO3/c1-19-4-6-20(7-5-19)26-17-30(18-32,34-31-26)27-11-10-24-23-9-8-21-16-22(33)12-14-28(21,2)25(23)13-15-29(24,27)3/h4-8,18,22-25,27,33H,9-17H2,1-3H3/t22-,23+,24+,25+,27?,28+,29+,30?/m1/s1. The second-order valence-electron chi connectivity index (χ2n) is 12.6. The molecule has 6 rings (SSSR count). The van der Waals surface area contributed by atoms with E-state index in [-0.39, 0.29) is 22.9 Å². The van der Waals surface area contributed by atoms with Crippen molar-refractivity contribution in [3.05, 3.63) is 47.0 Å². The predicted molar refractivity (Wildman–Crippen MR) is 133 cm³/mol. The number of rotatable bonds is 3. The van der Waals surface area contributed by atoms with E-state index < -0.39 is 5.60 Å². The van der Waals surface area contributed by atoms with Crippen molar-refractivity contribution in [3.63, 3.8) is 0 Å². The molecule has 1 aliphatic heterocycles. The van der Waals surface area contributed by atoms with Gasteiger partial charge in [0, 0.05) is 12.3 Å². The Bertz CT molecular complexity index is 1040. The van der Waals surface area contributed by atoms with Crippen molar-refractivity contribution in [2.75, 3.05) is 0 Å². The van der Waals surface area contributed by atoms with Crippen LogP contribution in [0.25, 0.3) is 0 Å². The fourth-order valence-corrected chi connectivity index (χ4v) is 9.14. The van der Waals surface area contributed by atoms with Gasteiger partial charge in [0.05, 0.1) is 11.8 Å². The number of carbonyl (C=O) groups excluding carboxylic acids is 1. The van der Waals surface area contributed by atoms with Crippen LogP contribution in [-0.4, -0.2) is 28.8 Å². The van der Waals surface area contributed by atoms with Gasteiger partial charge in [0.1, 0.15) is 0 Å². The number of fused-ring (bicyclic) bond motifs is 5. The summed E-state index contributed by atoms with van der Waals surface area (Å²) >= 11 is 0. The van der Waals surface area contributed by atoms with Crippen molar-refractivity contribution in [1.82, 2.24) is 0 Å². The molecule has 1 N–H and O–H groups in total. The average molecular weight is 462 g/mol. The van der Waals surface area contributed by atoms with Crippen LogP contribution in [-0.2, 0) is 9.63 Å². The van der Waals surface area contributed by atoms with Crippen LogP contribution in [0, 0.1) is 41.4 Å². The molecule has 1 aromatic carbocycles. The first-order chi connectivity index (χ1) is 16.3. The molecule has 182 valence electrons. The molecule has 1 heterocycles. The third kappa shape index (κ3) is 3.13. The highest BCUT2D eigenvalue weighted by Gasteiger charge is 2.64. The third-order valence-corrected chi connectivity index (χ3v) is 11.0. The number of carbonyl (C=O) groups is 1. The first kappa shape index (κ1) is 22.5. The topological polar surface area (TPSA) is 58.9 Å². The number of nitrogens with zero attached hydrogens (tertiary/aromatic N) is 1. The van der Waals surface area contributed by atoms with Crippen LogP contribution in [0.15, 0.2) is 41.1 Å². The highest BCUT2D eigenvalue weighted by molar-refractivity contribution is 6.03. The second-order valence-corrected chi connectivity index (χ2v) is 12.6. The number of allylic oxidation sites excluding steroid dienone is 1. The normalized spacial score (nSPS) is 45.4. The molecule has 0 amide bonds. The largest absolute Gasteiger partial charge is 0.393 e. The predicted octanol–water partition coefficient (Wildman–Crippen LogP) is 6.00. The summed E-state index contributed by atoms with van der Waals surface area (Å²) in [5.41, 5.74) is 4.24. The van der Waals surface area contributed by atoms with Crippen molar-refractivity contribution < 1.29 is 14.7 Å². The number of benzene rings is 1. The smallest absolute Gasteiger partial charge is 0.201 e. The summed E-state index contributed by atoms with van der Waals surface area (Å²) in [5.74, 6) is 2.21. The minimum atomic E-state index is -0.828. The summed E-state index contributed by atoms with van der Waals surface area (Å²) in [4.78, 5) is 18.8. The van der Waals surface area contributed by atoms with Crippen LogP contribution >= 0.6 is 0 Å². The SMILES string of the molecule is Cc1ccc(C2=NOC(C=O)(C3CC[C@H]4[C@@H]5CC=C6C[C@H](O)CC[C@]6(C)[C@H]5CC[C@]34C)C2)cc1. The van der Waals surface area contributed by atoms with E-state index >= 15 is 0 Å². The molecule has 3 fully saturated rings. The zero-order valence-corrected chi connectivity index (χ0v) is 20.9. The Labute approximate surface area is 203 Å². The molecule has 1 aromatic rings. The number of aliphatic hydroxyl groups is 1. The van der Waals surface area contributed by atoms with E-state index in [0.717, 1.165) is 56.1 Å². The molecule has 4 aliphatic carbocycles. The molecule has 5 aliphatic rings. The number of aliphatic hydroxyl groups excluding tert-OH is 1. The Hall–Kier alpha value is -1.94. The number of aldehydes is 1. The lowest BCUT2D eigenvalue weighted by Crippen LogP contribution is -2.54. The molecule has 4 nitrogen and oxygen atoms in total. The van der Waals surface area contributed by atoms with Gasteiger partial charge in [0.2, 0.25) is 5.60 Å². The molecule has 0 aromatic heterocycles. The maximum atomic E-state index is 12.7. The van der Waals surface area contributed by atoms with Crippen LogP contribution in [0.5, 0.6) is 0 Å². The zero-order valence-electron chi connectivity index (χ0n) is 20.9. The maximum Gasteiger partial charge on any atom is 0.201 e. The third-order valence-electron chi connectivity index (χ3n) is 11.0. The van der Waals surface area contributed by atoms with E-state index in [4.69, 9.17) is 4.84 Å². The van der Waals surface area contributed by atoms with Crippen LogP contribution in [0.4, 0.5) is 0 Å². The van der Waals surface area contributed by atoms with Gasteiger partial charge in [0.15, 0.2) is 6.29 Å². The summed E-state index contributed by atoms with van der Waals surface area (Å²) in [5, 5.41) is 14.8. The number of hydrogen-bond acceptors (Lipinski definition) is 4. The fraction of sp³-hybridized carbons (Fsp3) is 0.667. The van der Waals surface area contributed by atoms with E-state index in [2.05, 4.69) is 56.3 Å². The van der Waals surface area contributed by atoms with Gasteiger partial charge in [-0.15, -0.1) is 0 Å². The van der Waals surface area contributed by atoms with Crippen molar-refractivity contribution in [1.29, 1.82) is 0 Å². The molecule has 8 atom stereocenters. The number of hydrogen-bond donors (Lipinski definition) is 1. The van der Waals surface area contributed by atoms with Gasteiger partial charge < -0.3 is 9.94 Å². The second kappa shape index (κ2) is 7.78. The minimum Gasteiger partial charge on any atom is -0.393 e.